The van der Waals surface area contributed by atoms with Crippen LogP contribution in [0.3, 0.4) is 0 Å². The Labute approximate surface area is 121 Å². The van der Waals surface area contributed by atoms with Gasteiger partial charge < -0.3 is 4.74 Å². The summed E-state index contributed by atoms with van der Waals surface area (Å²) in [4.78, 5) is 2.55. The van der Waals surface area contributed by atoms with Crippen molar-refractivity contribution in [1.29, 1.82) is 0 Å². The normalized spacial score (nSPS) is 39.1. The van der Waals surface area contributed by atoms with Crippen molar-refractivity contribution in [2.45, 2.75) is 76.7 Å². The minimum absolute atomic E-state index is 0.215. The lowest BCUT2D eigenvalue weighted by Crippen LogP contribution is -2.59. The Morgan fingerprint density at radius 1 is 1.26 bits per heavy atom. The predicted octanol–water partition coefficient (Wildman–Crippen LogP) is 3.66. The Kier molecular flexibility index (Phi) is 6.89. The first-order valence-corrected chi connectivity index (χ1v) is 7.97. The molecule has 2 radical (unpaired) electrons. The molecule has 0 aromatic rings. The third-order valence-corrected chi connectivity index (χ3v) is 4.90. The van der Waals surface area contributed by atoms with E-state index in [1.165, 1.54) is 38.5 Å². The average Bonchev–Trinajstić information content (AvgIpc) is 2.36. The predicted molar refractivity (Wildman–Crippen MR) is 83.9 cm³/mol. The van der Waals surface area contributed by atoms with Gasteiger partial charge in [-0.1, -0.05) is 38.9 Å². The lowest BCUT2D eigenvalue weighted by molar-refractivity contribution is -0.0558. The Morgan fingerprint density at radius 2 is 1.89 bits per heavy atom. The molecule has 1 aliphatic heterocycles. The number of hydrogen-bond donors (Lipinski definition) is 0. The summed E-state index contributed by atoms with van der Waals surface area (Å²) < 4.78 is 5.39. The van der Waals surface area contributed by atoms with E-state index in [4.69, 9.17) is 12.6 Å². The summed E-state index contributed by atoms with van der Waals surface area (Å²) in [6.07, 6.45) is 7.56. The molecule has 3 heteroatoms. The summed E-state index contributed by atoms with van der Waals surface area (Å²) in [5, 5.41) is 0. The molecule has 1 saturated heterocycles. The average molecular weight is 265 g/mol. The molecule has 2 aliphatic rings. The van der Waals surface area contributed by atoms with Crippen LogP contribution in [0.15, 0.2) is 0 Å². The number of hydrogen-bond acceptors (Lipinski definition) is 2. The maximum atomic E-state index is 6.26. The van der Waals surface area contributed by atoms with E-state index in [0.717, 1.165) is 6.61 Å². The van der Waals surface area contributed by atoms with Crippen molar-refractivity contribution in [3.63, 3.8) is 0 Å². The van der Waals surface area contributed by atoms with E-state index in [0.29, 0.717) is 17.8 Å². The molecule has 2 rings (SSSR count). The van der Waals surface area contributed by atoms with Gasteiger partial charge in [0.05, 0.1) is 14.5 Å². The molecule has 1 heterocycles. The van der Waals surface area contributed by atoms with Crippen LogP contribution in [0.25, 0.3) is 0 Å². The van der Waals surface area contributed by atoms with Crippen molar-refractivity contribution in [2.75, 3.05) is 20.8 Å². The van der Waals surface area contributed by atoms with Gasteiger partial charge in [0.15, 0.2) is 0 Å². The third-order valence-electron chi connectivity index (χ3n) is 4.90. The first kappa shape index (κ1) is 17.0. The molecule has 0 N–H and O–H groups in total. The topological polar surface area (TPSA) is 12.5 Å². The standard InChI is InChI=1S/C13H24BNO.C3H8/c1-13(9-16-3)8-7-10-11(14)5-4-6-12(10)15(13)2;1-3-2/h10-12H,4-9H2,1-3H3;3H2,1-2H3. The largest absolute Gasteiger partial charge is 0.383 e. The summed E-state index contributed by atoms with van der Waals surface area (Å²) in [5.41, 5.74) is 0.215. The van der Waals surface area contributed by atoms with Crippen molar-refractivity contribution >= 4 is 7.85 Å². The van der Waals surface area contributed by atoms with E-state index < -0.39 is 0 Å². The number of likely N-dealkylation sites (N-methyl/N-ethyl adjacent to an activating group) is 1. The van der Waals surface area contributed by atoms with Gasteiger partial charge in [-0.3, -0.25) is 4.90 Å². The second-order valence-electron chi connectivity index (χ2n) is 6.61. The van der Waals surface area contributed by atoms with Crippen molar-refractivity contribution < 1.29 is 4.74 Å². The number of piperidine rings is 1. The first-order chi connectivity index (χ1) is 9.00. The molecular formula is C16H32BNO. The third kappa shape index (κ3) is 3.98. The van der Waals surface area contributed by atoms with Crippen LogP contribution in [0, 0.1) is 5.92 Å². The van der Waals surface area contributed by atoms with Gasteiger partial charge in [0.25, 0.3) is 0 Å². The van der Waals surface area contributed by atoms with Gasteiger partial charge in [-0.2, -0.15) is 0 Å². The van der Waals surface area contributed by atoms with E-state index in [2.05, 4.69) is 32.7 Å². The van der Waals surface area contributed by atoms with Crippen molar-refractivity contribution in [3.05, 3.63) is 0 Å². The van der Waals surface area contributed by atoms with E-state index in [1.54, 1.807) is 7.11 Å². The van der Waals surface area contributed by atoms with Crippen molar-refractivity contribution in [2.24, 2.45) is 5.92 Å². The summed E-state index contributed by atoms with van der Waals surface area (Å²) in [6, 6.07) is 0.678. The number of likely N-dealkylation sites (tertiary alicyclic amines) is 1. The molecule has 4 atom stereocenters. The minimum atomic E-state index is 0.215. The fourth-order valence-electron chi connectivity index (χ4n) is 3.70. The highest BCUT2D eigenvalue weighted by Gasteiger charge is 2.44. The molecule has 0 aromatic carbocycles. The number of nitrogens with zero attached hydrogens (tertiary/aromatic N) is 1. The van der Waals surface area contributed by atoms with Gasteiger partial charge in [-0.05, 0) is 39.2 Å². The highest BCUT2D eigenvalue weighted by atomic mass is 16.5. The number of fused-ring (bicyclic) bond motifs is 1. The molecule has 1 aliphatic carbocycles. The van der Waals surface area contributed by atoms with Crippen LogP contribution in [0.4, 0.5) is 0 Å². The van der Waals surface area contributed by atoms with Gasteiger partial charge >= 0.3 is 0 Å². The highest BCUT2D eigenvalue weighted by molar-refractivity contribution is 6.11. The summed E-state index contributed by atoms with van der Waals surface area (Å²) >= 11 is 0. The first-order valence-electron chi connectivity index (χ1n) is 7.97. The SMILES string of the molecule is CCC.[B]C1CCCC2C1CCC(C)(COC)N2C. The lowest BCUT2D eigenvalue weighted by Gasteiger charge is -2.54. The smallest absolute Gasteiger partial charge is 0.0704 e. The molecule has 0 bridgehead atoms. The van der Waals surface area contributed by atoms with Gasteiger partial charge in [-0.15, -0.1) is 0 Å². The molecule has 0 amide bonds. The summed E-state index contributed by atoms with van der Waals surface area (Å²) in [6.45, 7) is 7.41. The molecular weight excluding hydrogens is 233 g/mol. The van der Waals surface area contributed by atoms with Crippen LogP contribution in [0.5, 0.6) is 0 Å². The fraction of sp³-hybridized carbons (Fsp3) is 1.00. The van der Waals surface area contributed by atoms with Crippen molar-refractivity contribution in [1.82, 2.24) is 4.90 Å². The number of ether oxygens (including phenoxy) is 1. The minimum Gasteiger partial charge on any atom is -0.383 e. The quantitative estimate of drug-likeness (QED) is 0.706. The van der Waals surface area contributed by atoms with Crippen LogP contribution in [0.1, 0.15) is 59.3 Å². The molecule has 4 unspecified atom stereocenters. The monoisotopic (exact) mass is 265 g/mol. The van der Waals surface area contributed by atoms with Gasteiger partial charge in [0, 0.05) is 18.7 Å². The highest BCUT2D eigenvalue weighted by Crippen LogP contribution is 2.45. The second-order valence-corrected chi connectivity index (χ2v) is 6.61. The number of methoxy groups -OCH3 is 1. The van der Waals surface area contributed by atoms with Crippen LogP contribution in [0.2, 0.25) is 5.82 Å². The molecule has 2 fully saturated rings. The van der Waals surface area contributed by atoms with Gasteiger partial charge in [0.2, 0.25) is 0 Å². The Balaban J connectivity index is 0.000000550. The lowest BCUT2D eigenvalue weighted by atomic mass is 9.61. The van der Waals surface area contributed by atoms with Gasteiger partial charge in [-0.25, -0.2) is 0 Å². The Morgan fingerprint density at radius 3 is 2.47 bits per heavy atom. The molecule has 110 valence electrons. The maximum absolute atomic E-state index is 6.26. The molecule has 0 aromatic heterocycles. The zero-order valence-corrected chi connectivity index (χ0v) is 13.6. The molecule has 1 saturated carbocycles. The van der Waals surface area contributed by atoms with Crippen LogP contribution < -0.4 is 0 Å². The summed E-state index contributed by atoms with van der Waals surface area (Å²) in [7, 11) is 10.3. The van der Waals surface area contributed by atoms with Gasteiger partial charge in [0.1, 0.15) is 0 Å². The maximum Gasteiger partial charge on any atom is 0.0704 e. The Hall–Kier alpha value is -0.0151. The molecule has 19 heavy (non-hydrogen) atoms. The van der Waals surface area contributed by atoms with E-state index in [1.807, 2.05) is 0 Å². The van der Waals surface area contributed by atoms with E-state index in [9.17, 15) is 0 Å². The van der Waals surface area contributed by atoms with Crippen LogP contribution in [-0.4, -0.2) is 45.1 Å². The van der Waals surface area contributed by atoms with Crippen LogP contribution in [-0.2, 0) is 4.74 Å². The zero-order valence-electron chi connectivity index (χ0n) is 13.6. The van der Waals surface area contributed by atoms with Crippen LogP contribution >= 0.6 is 0 Å². The Bertz CT molecular complexity index is 261. The second kappa shape index (κ2) is 7.68. The van der Waals surface area contributed by atoms with E-state index in [-0.39, 0.29) is 5.54 Å². The summed E-state index contributed by atoms with van der Waals surface area (Å²) in [5.74, 6) is 1.14. The number of rotatable bonds is 2. The van der Waals surface area contributed by atoms with E-state index >= 15 is 0 Å². The molecule has 0 spiro atoms. The zero-order chi connectivity index (χ0) is 14.5. The fourth-order valence-corrected chi connectivity index (χ4v) is 3.70. The van der Waals surface area contributed by atoms with Crippen molar-refractivity contribution in [3.8, 4) is 0 Å². The molecule has 2 nitrogen and oxygen atoms in total.